The lowest BCUT2D eigenvalue weighted by molar-refractivity contribution is -0.124. The van der Waals surface area contributed by atoms with Crippen molar-refractivity contribution in [3.05, 3.63) is 101 Å². The van der Waals surface area contributed by atoms with Gasteiger partial charge in [0.1, 0.15) is 41.2 Å². The van der Waals surface area contributed by atoms with Gasteiger partial charge in [-0.1, -0.05) is 56.3 Å². The van der Waals surface area contributed by atoms with E-state index in [9.17, 15) is 14.7 Å². The predicted octanol–water partition coefficient (Wildman–Crippen LogP) is 7.19. The van der Waals surface area contributed by atoms with Crippen molar-refractivity contribution in [1.82, 2.24) is 4.98 Å². The summed E-state index contributed by atoms with van der Waals surface area (Å²) < 4.78 is 27.7. The van der Waals surface area contributed by atoms with Crippen LogP contribution in [0.1, 0.15) is 66.0 Å². The Morgan fingerprint density at radius 3 is 2.56 bits per heavy atom. The number of aryl methyl sites for hydroxylation is 2. The highest BCUT2D eigenvalue weighted by Gasteiger charge is 2.49. The van der Waals surface area contributed by atoms with Gasteiger partial charge in [-0.15, -0.1) is 0 Å². The molecule has 1 amide bonds. The number of nitrogens with zero attached hydrogens (tertiary/aromatic N) is 3. The smallest absolute Gasteiger partial charge is 0.281 e. The van der Waals surface area contributed by atoms with Crippen molar-refractivity contribution in [2.24, 2.45) is 16.3 Å². The number of hydrogen-bond donors (Lipinski definition) is 1. The number of hydrogen-bond acceptors (Lipinski definition) is 7. The van der Waals surface area contributed by atoms with E-state index in [0.29, 0.717) is 23.8 Å². The summed E-state index contributed by atoms with van der Waals surface area (Å²) in [5, 5.41) is 10.9. The number of carbonyl (C=O) groups is 2. The van der Waals surface area contributed by atoms with E-state index in [-0.39, 0.29) is 53.0 Å². The molecule has 4 aromatic rings. The molecule has 1 saturated carbocycles. The highest BCUT2D eigenvalue weighted by molar-refractivity contribution is 6.15. The van der Waals surface area contributed by atoms with E-state index in [0.717, 1.165) is 5.56 Å². The number of para-hydroxylation sites is 1. The minimum atomic E-state index is -1.11. The lowest BCUT2D eigenvalue weighted by Gasteiger charge is -2.40. The van der Waals surface area contributed by atoms with Gasteiger partial charge in [0.15, 0.2) is 11.6 Å². The van der Waals surface area contributed by atoms with Gasteiger partial charge in [0.05, 0.1) is 17.6 Å². The summed E-state index contributed by atoms with van der Waals surface area (Å²) in [6, 6.07) is 17.6. The third-order valence-electron chi connectivity index (χ3n) is 7.98. The van der Waals surface area contributed by atoms with Crippen molar-refractivity contribution in [2.75, 3.05) is 4.90 Å². The first kappa shape index (κ1) is 28.3. The largest absolute Gasteiger partial charge is 0.506 e. The maximum atomic E-state index is 16.3. The van der Waals surface area contributed by atoms with Crippen LogP contribution in [-0.4, -0.2) is 27.5 Å². The number of phenolic OH excluding ortho intramolecular Hbond substituents is 1. The van der Waals surface area contributed by atoms with Gasteiger partial charge >= 0.3 is 0 Å². The van der Waals surface area contributed by atoms with Crippen LogP contribution in [0.5, 0.6) is 11.5 Å². The number of amides is 1. The Morgan fingerprint density at radius 2 is 1.86 bits per heavy atom. The molecule has 1 aromatic heterocycles. The first-order valence-electron chi connectivity index (χ1n) is 14.2. The quantitative estimate of drug-likeness (QED) is 0.267. The predicted molar refractivity (Wildman–Crippen MR) is 159 cm³/mol. The molecule has 0 saturated heterocycles. The second-order valence-corrected chi connectivity index (χ2v) is 11.9. The average Bonchev–Trinajstić information content (AvgIpc) is 3.22. The number of rotatable bonds is 5. The van der Waals surface area contributed by atoms with Crippen molar-refractivity contribution in [1.29, 1.82) is 0 Å². The Morgan fingerprint density at radius 1 is 1.09 bits per heavy atom. The molecule has 2 heterocycles. The third kappa shape index (κ3) is 5.31. The molecule has 1 aliphatic carbocycles. The molecule has 43 heavy (non-hydrogen) atoms. The van der Waals surface area contributed by atoms with Gasteiger partial charge in [-0.3, -0.25) is 19.5 Å². The van der Waals surface area contributed by atoms with Crippen LogP contribution in [0.3, 0.4) is 0 Å². The highest BCUT2D eigenvalue weighted by atomic mass is 19.1. The molecule has 9 heteroatoms. The molecule has 2 aliphatic rings. The molecule has 220 valence electrons. The van der Waals surface area contributed by atoms with Crippen LogP contribution in [0.2, 0.25) is 0 Å². The Labute approximate surface area is 248 Å². The maximum Gasteiger partial charge on any atom is 0.281 e. The number of benzene rings is 3. The zero-order valence-electron chi connectivity index (χ0n) is 24.4. The maximum absolute atomic E-state index is 16.3. The van der Waals surface area contributed by atoms with Gasteiger partial charge in [0.25, 0.3) is 5.91 Å². The molecule has 0 radical (unpaired) electrons. The molecule has 1 fully saturated rings. The lowest BCUT2D eigenvalue weighted by Crippen LogP contribution is -2.47. The molecule has 2 atom stereocenters. The molecule has 1 N–H and O–H groups in total. The first-order valence-corrected chi connectivity index (χ1v) is 14.2. The van der Waals surface area contributed by atoms with Crippen LogP contribution in [0.25, 0.3) is 0 Å². The van der Waals surface area contributed by atoms with Crippen molar-refractivity contribution in [3.63, 3.8) is 0 Å². The number of ketones is 1. The number of fused-ring (bicyclic) bond motifs is 2. The summed E-state index contributed by atoms with van der Waals surface area (Å²) in [6.07, 6.45) is 0.650. The number of oxazole rings is 1. The van der Waals surface area contributed by atoms with E-state index in [4.69, 9.17) is 14.1 Å². The van der Waals surface area contributed by atoms with E-state index in [2.05, 4.69) is 4.98 Å². The van der Waals surface area contributed by atoms with Crippen molar-refractivity contribution < 1.29 is 28.2 Å². The highest BCUT2D eigenvalue weighted by Crippen LogP contribution is 2.51. The van der Waals surface area contributed by atoms with Crippen molar-refractivity contribution in [2.45, 2.75) is 53.2 Å². The number of aromatic hydroxyl groups is 1. The molecule has 0 spiro atoms. The lowest BCUT2D eigenvalue weighted by atomic mass is 9.68. The summed E-state index contributed by atoms with van der Waals surface area (Å²) in [7, 11) is 0. The van der Waals surface area contributed by atoms with Crippen LogP contribution in [0.15, 0.2) is 76.1 Å². The van der Waals surface area contributed by atoms with Gasteiger partial charge in [-0.05, 0) is 42.5 Å². The van der Waals surface area contributed by atoms with Crippen LogP contribution in [0, 0.1) is 31.0 Å². The van der Waals surface area contributed by atoms with E-state index >= 15 is 4.39 Å². The van der Waals surface area contributed by atoms with Gasteiger partial charge in [0.2, 0.25) is 0 Å². The number of phenols is 1. The fourth-order valence-corrected chi connectivity index (χ4v) is 6.14. The summed E-state index contributed by atoms with van der Waals surface area (Å²) in [5.74, 6) is -1.62. The standard InChI is InChI=1S/C34H32FN3O5/c1-19-30(36-20(2)43-19)33(41)38-26-11-8-12-27(39)31(26)37-25-16-34(3,4)17-28(40)29(25)32(38)23-14-13-22(15-24(23)35)42-18-21-9-6-5-7-10-21/h5-15,29,32,39H,16-18H2,1-4H3/t29?,32-/m0/s1. The Hall–Kier alpha value is -4.79. The van der Waals surface area contributed by atoms with Crippen LogP contribution in [0.4, 0.5) is 15.8 Å². The normalized spacial score (nSPS) is 19.2. The zero-order chi connectivity index (χ0) is 30.5. The van der Waals surface area contributed by atoms with E-state index in [1.54, 1.807) is 38.1 Å². The number of Topliss-reactive ketones (excluding diaryl/α,β-unsaturated/α-hetero) is 1. The molecular formula is C34H32FN3O5. The van der Waals surface area contributed by atoms with E-state index in [1.807, 2.05) is 44.2 Å². The average molecular weight is 582 g/mol. The molecule has 0 bridgehead atoms. The monoisotopic (exact) mass is 581 g/mol. The second-order valence-electron chi connectivity index (χ2n) is 11.9. The molecule has 3 aromatic carbocycles. The minimum Gasteiger partial charge on any atom is -0.506 e. The number of ether oxygens (including phenoxy) is 1. The fourth-order valence-electron chi connectivity index (χ4n) is 6.14. The Kier molecular flexibility index (Phi) is 7.12. The van der Waals surface area contributed by atoms with Gasteiger partial charge in [-0.2, -0.15) is 0 Å². The molecule has 6 rings (SSSR count). The summed E-state index contributed by atoms with van der Waals surface area (Å²) in [5.41, 5.74) is 1.55. The first-order chi connectivity index (χ1) is 20.5. The van der Waals surface area contributed by atoms with Gasteiger partial charge in [-0.25, -0.2) is 9.37 Å². The minimum absolute atomic E-state index is 0.0343. The topological polar surface area (TPSA) is 105 Å². The van der Waals surface area contributed by atoms with Crippen LogP contribution in [-0.2, 0) is 11.4 Å². The molecule has 1 unspecified atom stereocenters. The van der Waals surface area contributed by atoms with Gasteiger partial charge < -0.3 is 14.3 Å². The number of aromatic nitrogens is 1. The summed E-state index contributed by atoms with van der Waals surface area (Å²) in [4.78, 5) is 38.8. The Bertz CT molecular complexity index is 1760. The van der Waals surface area contributed by atoms with Crippen LogP contribution < -0.4 is 9.64 Å². The van der Waals surface area contributed by atoms with Crippen molar-refractivity contribution >= 4 is 28.8 Å². The Balaban J connectivity index is 1.52. The molecule has 1 aliphatic heterocycles. The third-order valence-corrected chi connectivity index (χ3v) is 7.98. The summed E-state index contributed by atoms with van der Waals surface area (Å²) in [6.45, 7) is 7.45. The second kappa shape index (κ2) is 10.8. The summed E-state index contributed by atoms with van der Waals surface area (Å²) >= 11 is 0. The zero-order valence-corrected chi connectivity index (χ0v) is 24.4. The van der Waals surface area contributed by atoms with Gasteiger partial charge in [0, 0.05) is 30.7 Å². The SMILES string of the molecule is Cc1nc(C(=O)N2c3cccc(O)c3N=C3CC(C)(C)CC(=O)C3[C@@H]2c2ccc(OCc3ccccc3)cc2F)c(C)o1. The molecular weight excluding hydrogens is 549 g/mol. The van der Waals surface area contributed by atoms with Crippen molar-refractivity contribution in [3.8, 4) is 11.5 Å². The van der Waals surface area contributed by atoms with Crippen LogP contribution >= 0.6 is 0 Å². The van der Waals surface area contributed by atoms with E-state index < -0.39 is 29.1 Å². The van der Waals surface area contributed by atoms with E-state index in [1.165, 1.54) is 17.0 Å². The number of carbonyl (C=O) groups excluding carboxylic acids is 2. The number of halogens is 1. The molecule has 8 nitrogen and oxygen atoms in total. The number of aliphatic imine (C=N–C) groups is 1. The number of anilines is 1. The fraction of sp³-hybridized carbons (Fsp3) is 0.294.